The Morgan fingerprint density at radius 3 is 2.29 bits per heavy atom. The van der Waals surface area contributed by atoms with Crippen LogP contribution in [0.25, 0.3) is 10.9 Å². The Bertz CT molecular complexity index is 1190. The second-order valence-electron chi connectivity index (χ2n) is 7.99. The second kappa shape index (κ2) is 8.07. The first-order chi connectivity index (χ1) is 14.4. The van der Waals surface area contributed by atoms with Gasteiger partial charge in [0.05, 0.1) is 11.4 Å². The van der Waals surface area contributed by atoms with Crippen molar-refractivity contribution in [3.8, 4) is 5.75 Å². The number of hydrogen-bond acceptors (Lipinski definition) is 4. The highest BCUT2D eigenvalue weighted by Gasteiger charge is 2.33. The molecule has 3 rings (SSSR count). The summed E-state index contributed by atoms with van der Waals surface area (Å²) in [6, 6.07) is 11.0. The maximum Gasteiger partial charge on any atom is 0.328 e. The fourth-order valence-electron chi connectivity index (χ4n) is 3.56. The third-order valence-electron chi connectivity index (χ3n) is 5.33. The molecule has 0 saturated carbocycles. The number of amides is 1. The molecule has 8 heteroatoms. The van der Waals surface area contributed by atoms with Crippen LogP contribution in [0, 0.1) is 6.92 Å². The largest absolute Gasteiger partial charge is 0.508 e. The van der Waals surface area contributed by atoms with E-state index >= 15 is 0 Å². The number of nitrogens with zero attached hydrogens (tertiary/aromatic N) is 1. The van der Waals surface area contributed by atoms with Crippen LogP contribution in [0.4, 0.5) is 0 Å². The highest BCUT2D eigenvalue weighted by atomic mass is 35.5. The van der Waals surface area contributed by atoms with Crippen molar-refractivity contribution in [3.63, 3.8) is 0 Å². The predicted molar refractivity (Wildman–Crippen MR) is 118 cm³/mol. The molecule has 1 aromatic heterocycles. The molecule has 3 aromatic rings. The first-order valence-electron chi connectivity index (χ1n) is 9.63. The van der Waals surface area contributed by atoms with Gasteiger partial charge in [-0.3, -0.25) is 14.2 Å². The van der Waals surface area contributed by atoms with Gasteiger partial charge in [0.2, 0.25) is 5.91 Å². The molecule has 1 atom stereocenters. The van der Waals surface area contributed by atoms with Crippen molar-refractivity contribution in [2.24, 2.45) is 0 Å². The van der Waals surface area contributed by atoms with Crippen LogP contribution >= 0.6 is 11.6 Å². The highest BCUT2D eigenvalue weighted by Crippen LogP contribution is 2.35. The highest BCUT2D eigenvalue weighted by molar-refractivity contribution is 6.30. The van der Waals surface area contributed by atoms with Crippen LogP contribution in [0.2, 0.25) is 5.02 Å². The van der Waals surface area contributed by atoms with E-state index in [-0.39, 0.29) is 11.7 Å². The van der Waals surface area contributed by atoms with Gasteiger partial charge in [-0.2, -0.15) is 0 Å². The van der Waals surface area contributed by atoms with Crippen molar-refractivity contribution >= 4 is 40.3 Å². The molecular weight excluding hydrogens is 420 g/mol. The Hall–Kier alpha value is -3.32. The summed E-state index contributed by atoms with van der Waals surface area (Å²) in [6.45, 7) is 6.14. The number of halogens is 1. The van der Waals surface area contributed by atoms with Gasteiger partial charge < -0.3 is 15.5 Å². The van der Waals surface area contributed by atoms with E-state index in [0.717, 1.165) is 0 Å². The minimum Gasteiger partial charge on any atom is -0.508 e. The van der Waals surface area contributed by atoms with Crippen molar-refractivity contribution in [1.82, 2.24) is 9.88 Å². The maximum atomic E-state index is 13.3. The molecule has 7 nitrogen and oxygen atoms in total. The smallest absolute Gasteiger partial charge is 0.328 e. The fourth-order valence-corrected chi connectivity index (χ4v) is 3.69. The lowest BCUT2D eigenvalue weighted by molar-refractivity contribution is -0.146. The lowest BCUT2D eigenvalue weighted by Crippen LogP contribution is -2.50. The summed E-state index contributed by atoms with van der Waals surface area (Å²) in [5, 5.41) is 22.9. The first kappa shape index (κ1) is 22.4. The third-order valence-corrected chi connectivity index (χ3v) is 5.58. The molecule has 1 amide bonds. The van der Waals surface area contributed by atoms with E-state index in [0.29, 0.717) is 32.7 Å². The zero-order valence-corrected chi connectivity index (χ0v) is 18.3. The van der Waals surface area contributed by atoms with Crippen molar-refractivity contribution in [2.75, 3.05) is 0 Å². The number of aromatic nitrogens is 1. The molecule has 3 N–H and O–H groups in total. The summed E-state index contributed by atoms with van der Waals surface area (Å²) in [7, 11) is 0. The molecule has 2 aromatic carbocycles. The summed E-state index contributed by atoms with van der Waals surface area (Å²) >= 11 is 5.93. The Kier molecular flexibility index (Phi) is 5.83. The molecule has 0 aliphatic carbocycles. The summed E-state index contributed by atoms with van der Waals surface area (Å²) in [6.07, 6.45) is 0. The number of fused-ring (bicyclic) bond motifs is 1. The SMILES string of the molecule is Cc1c([C@@H](C)C(=O)NC(C)(C)C(=O)O)c2cc(O)ccc2n1C(=O)c1ccc(Cl)cc1. The molecule has 0 fully saturated rings. The number of aliphatic carboxylic acids is 1. The van der Waals surface area contributed by atoms with Gasteiger partial charge in [-0.1, -0.05) is 11.6 Å². The Morgan fingerprint density at radius 1 is 1.10 bits per heavy atom. The molecule has 0 saturated heterocycles. The normalized spacial score (nSPS) is 12.5. The predicted octanol–water partition coefficient (Wildman–Crippen LogP) is 4.08. The summed E-state index contributed by atoms with van der Waals surface area (Å²) in [4.78, 5) is 37.6. The Balaban J connectivity index is 2.14. The van der Waals surface area contributed by atoms with Gasteiger partial charge in [0.1, 0.15) is 11.3 Å². The van der Waals surface area contributed by atoms with E-state index in [1.165, 1.54) is 30.5 Å². The number of hydrogen-bond donors (Lipinski definition) is 3. The van der Waals surface area contributed by atoms with Crippen molar-refractivity contribution in [3.05, 3.63) is 64.3 Å². The lowest BCUT2D eigenvalue weighted by Gasteiger charge is -2.23. The van der Waals surface area contributed by atoms with E-state index < -0.39 is 23.3 Å². The Labute approximate surface area is 184 Å². The number of carbonyl (C=O) groups excluding carboxylic acids is 2. The van der Waals surface area contributed by atoms with Gasteiger partial charge >= 0.3 is 5.97 Å². The van der Waals surface area contributed by atoms with E-state index in [1.807, 2.05) is 0 Å². The van der Waals surface area contributed by atoms with Gasteiger partial charge in [0, 0.05) is 21.7 Å². The molecular formula is C23H23ClN2O5. The molecule has 0 aliphatic heterocycles. The number of carboxylic acid groups (broad SMARTS) is 1. The van der Waals surface area contributed by atoms with Gasteiger partial charge in [-0.15, -0.1) is 0 Å². The molecule has 0 spiro atoms. The van der Waals surface area contributed by atoms with Crippen LogP contribution in [0.3, 0.4) is 0 Å². The minimum absolute atomic E-state index is 0.0108. The number of carboxylic acids is 1. The van der Waals surface area contributed by atoms with Crippen LogP contribution in [-0.2, 0) is 9.59 Å². The number of rotatable bonds is 5. The van der Waals surface area contributed by atoms with Crippen LogP contribution < -0.4 is 5.32 Å². The molecule has 1 heterocycles. The van der Waals surface area contributed by atoms with Crippen LogP contribution in [0.5, 0.6) is 5.75 Å². The van der Waals surface area contributed by atoms with Crippen molar-refractivity contribution < 1.29 is 24.6 Å². The maximum absolute atomic E-state index is 13.3. The van der Waals surface area contributed by atoms with Gasteiger partial charge in [0.15, 0.2) is 0 Å². The van der Waals surface area contributed by atoms with Gasteiger partial charge in [0.25, 0.3) is 5.91 Å². The lowest BCUT2D eigenvalue weighted by atomic mass is 9.95. The average Bonchev–Trinajstić information content (AvgIpc) is 2.97. The molecule has 0 bridgehead atoms. The van der Waals surface area contributed by atoms with E-state index in [4.69, 9.17) is 11.6 Å². The van der Waals surface area contributed by atoms with Crippen LogP contribution in [-0.4, -0.2) is 38.1 Å². The molecule has 0 radical (unpaired) electrons. The zero-order chi connectivity index (χ0) is 23.1. The number of phenols is 1. The number of aromatic hydroxyl groups is 1. The fraction of sp³-hybridized carbons (Fsp3) is 0.261. The zero-order valence-electron chi connectivity index (χ0n) is 17.6. The quantitative estimate of drug-likeness (QED) is 0.551. The van der Waals surface area contributed by atoms with E-state index in [2.05, 4.69) is 5.32 Å². The molecule has 31 heavy (non-hydrogen) atoms. The van der Waals surface area contributed by atoms with Crippen LogP contribution in [0.15, 0.2) is 42.5 Å². The summed E-state index contributed by atoms with van der Waals surface area (Å²) in [5.74, 6) is -2.76. The average molecular weight is 443 g/mol. The summed E-state index contributed by atoms with van der Waals surface area (Å²) in [5.41, 5.74) is 0.539. The van der Waals surface area contributed by atoms with Crippen LogP contribution in [0.1, 0.15) is 48.3 Å². The standard InChI is InChI=1S/C23H23ClN2O5/c1-12(20(28)25-23(3,4)22(30)31)19-13(2)26(18-10-9-16(27)11-17(18)19)21(29)14-5-7-15(24)8-6-14/h5-12,27H,1-4H3,(H,25,28)(H,30,31)/t12-/m1/s1. The van der Waals surface area contributed by atoms with Gasteiger partial charge in [-0.25, -0.2) is 4.79 Å². The van der Waals surface area contributed by atoms with Crippen molar-refractivity contribution in [1.29, 1.82) is 0 Å². The second-order valence-corrected chi connectivity index (χ2v) is 8.43. The number of nitrogens with one attached hydrogen (secondary N) is 1. The minimum atomic E-state index is -1.46. The van der Waals surface area contributed by atoms with E-state index in [9.17, 15) is 24.6 Å². The van der Waals surface area contributed by atoms with E-state index in [1.54, 1.807) is 44.2 Å². The topological polar surface area (TPSA) is 109 Å². The molecule has 0 unspecified atom stereocenters. The molecule has 162 valence electrons. The number of carbonyl (C=O) groups is 3. The monoisotopic (exact) mass is 442 g/mol. The summed E-state index contributed by atoms with van der Waals surface area (Å²) < 4.78 is 1.49. The number of benzene rings is 2. The van der Waals surface area contributed by atoms with Crippen molar-refractivity contribution in [2.45, 2.75) is 39.2 Å². The first-order valence-corrected chi connectivity index (χ1v) is 10.0. The number of phenolic OH excluding ortho intramolecular Hbond substituents is 1. The third kappa shape index (κ3) is 4.14. The van der Waals surface area contributed by atoms with Gasteiger partial charge in [-0.05, 0) is 75.7 Å². The molecule has 0 aliphatic rings. The Morgan fingerprint density at radius 2 is 1.71 bits per heavy atom.